The fourth-order valence-corrected chi connectivity index (χ4v) is 3.37. The smallest absolute Gasteiger partial charge is 0.193 e. The van der Waals surface area contributed by atoms with Gasteiger partial charge in [-0.1, -0.05) is 43.3 Å². The highest BCUT2D eigenvalue weighted by Gasteiger charge is 2.26. The Morgan fingerprint density at radius 1 is 0.800 bits per heavy atom. The Kier molecular flexibility index (Phi) is 7.70. The molecule has 2 aromatic carbocycles. The van der Waals surface area contributed by atoms with Crippen LogP contribution in [0.4, 0.5) is 0 Å². The molecule has 0 aliphatic heterocycles. The lowest BCUT2D eigenvalue weighted by Crippen LogP contribution is -2.31. The lowest BCUT2D eigenvalue weighted by molar-refractivity contribution is 0.0487. The summed E-state index contributed by atoms with van der Waals surface area (Å²) in [4.78, 5) is 27.0. The minimum Gasteiger partial charge on any atom is -0.382 e. The van der Waals surface area contributed by atoms with Crippen LogP contribution < -0.4 is 0 Å². The van der Waals surface area contributed by atoms with Gasteiger partial charge in [0, 0.05) is 24.2 Å². The van der Waals surface area contributed by atoms with Crippen LogP contribution in [-0.2, 0) is 13.1 Å². The number of carbonyl (C=O) groups is 2. The lowest BCUT2D eigenvalue weighted by Gasteiger charge is -2.23. The molecular weight excluding hydrogens is 378 g/mol. The van der Waals surface area contributed by atoms with E-state index in [1.165, 1.54) is 27.7 Å². The van der Waals surface area contributed by atoms with E-state index in [-0.39, 0.29) is 11.6 Å². The molecule has 0 atom stereocenters. The summed E-state index contributed by atoms with van der Waals surface area (Å²) >= 11 is 0. The van der Waals surface area contributed by atoms with Crippen molar-refractivity contribution < 1.29 is 19.8 Å². The number of nitrogens with zero attached hydrogens (tertiary/aromatic N) is 1. The second kappa shape index (κ2) is 9.65. The molecule has 0 radical (unpaired) electrons. The molecule has 5 heteroatoms. The molecule has 0 unspecified atom stereocenters. The first-order valence-electron chi connectivity index (χ1n) is 10.4. The van der Waals surface area contributed by atoms with Crippen LogP contribution >= 0.6 is 0 Å². The molecule has 0 aliphatic rings. The third kappa shape index (κ3) is 6.59. The van der Waals surface area contributed by atoms with Gasteiger partial charge in [0.05, 0.1) is 0 Å². The van der Waals surface area contributed by atoms with Gasteiger partial charge in [-0.2, -0.15) is 0 Å². The Morgan fingerprint density at radius 3 is 1.53 bits per heavy atom. The van der Waals surface area contributed by atoms with Crippen molar-refractivity contribution in [2.24, 2.45) is 0 Å². The van der Waals surface area contributed by atoms with Crippen molar-refractivity contribution in [1.29, 1.82) is 0 Å². The quantitative estimate of drug-likeness (QED) is 0.578. The van der Waals surface area contributed by atoms with Crippen LogP contribution in [0.15, 0.2) is 48.5 Å². The van der Waals surface area contributed by atoms with Crippen LogP contribution in [0.2, 0.25) is 0 Å². The molecule has 0 bridgehead atoms. The summed E-state index contributed by atoms with van der Waals surface area (Å²) in [6.45, 7) is 10.2. The first-order valence-corrected chi connectivity index (χ1v) is 10.4. The molecule has 0 spiro atoms. The molecule has 162 valence electrons. The van der Waals surface area contributed by atoms with Gasteiger partial charge in [0.2, 0.25) is 0 Å². The number of ketones is 2. The highest BCUT2D eigenvalue weighted by molar-refractivity contribution is 6.02. The van der Waals surface area contributed by atoms with Crippen molar-refractivity contribution in [1.82, 2.24) is 4.90 Å². The van der Waals surface area contributed by atoms with E-state index in [0.29, 0.717) is 24.2 Å². The van der Waals surface area contributed by atoms with Crippen LogP contribution in [0, 0.1) is 0 Å². The van der Waals surface area contributed by atoms with Gasteiger partial charge in [-0.15, -0.1) is 0 Å². The molecular formula is C25H33NO4. The Hall–Kier alpha value is -2.34. The molecule has 0 saturated heterocycles. The molecule has 0 aliphatic carbocycles. The zero-order valence-corrected chi connectivity index (χ0v) is 18.6. The first kappa shape index (κ1) is 23.9. The van der Waals surface area contributed by atoms with Crippen molar-refractivity contribution in [2.45, 2.75) is 65.3 Å². The summed E-state index contributed by atoms with van der Waals surface area (Å²) in [5.74, 6) is -0.603. The highest BCUT2D eigenvalue weighted by atomic mass is 16.3. The van der Waals surface area contributed by atoms with Gasteiger partial charge in [-0.25, -0.2) is 0 Å². The van der Waals surface area contributed by atoms with Crippen molar-refractivity contribution in [3.05, 3.63) is 70.8 Å². The molecule has 0 amide bonds. The molecule has 2 rings (SSSR count). The maximum Gasteiger partial charge on any atom is 0.193 e. The third-order valence-electron chi connectivity index (χ3n) is 4.84. The zero-order chi connectivity index (χ0) is 22.5. The molecule has 30 heavy (non-hydrogen) atoms. The van der Waals surface area contributed by atoms with Gasteiger partial charge in [0.1, 0.15) is 11.2 Å². The SMILES string of the molecule is CCCN(Cc1cccc(C(=O)C(C)(C)O)c1)Cc1cccc(C(=O)C(C)(C)O)c1. The van der Waals surface area contributed by atoms with Gasteiger partial charge >= 0.3 is 0 Å². The van der Waals surface area contributed by atoms with Crippen LogP contribution in [0.1, 0.15) is 72.9 Å². The molecule has 5 nitrogen and oxygen atoms in total. The summed E-state index contributed by atoms with van der Waals surface area (Å²) in [6, 6.07) is 14.7. The summed E-state index contributed by atoms with van der Waals surface area (Å²) in [5, 5.41) is 20.0. The maximum absolute atomic E-state index is 12.4. The number of rotatable bonds is 10. The van der Waals surface area contributed by atoms with Crippen LogP contribution in [0.5, 0.6) is 0 Å². The Bertz CT molecular complexity index is 819. The van der Waals surface area contributed by atoms with Gasteiger partial charge in [0.15, 0.2) is 11.6 Å². The number of hydrogen-bond acceptors (Lipinski definition) is 5. The molecule has 2 N–H and O–H groups in total. The molecule has 0 fully saturated rings. The van der Waals surface area contributed by atoms with Crippen molar-refractivity contribution >= 4 is 11.6 Å². The fraction of sp³-hybridized carbons (Fsp3) is 0.440. The normalized spacial score (nSPS) is 12.3. The molecule has 0 heterocycles. The largest absolute Gasteiger partial charge is 0.382 e. The standard InChI is InChI=1S/C25H33NO4/c1-6-13-26(16-18-9-7-11-20(14-18)22(27)24(2,3)29)17-19-10-8-12-21(15-19)23(28)25(4,5)30/h7-12,14-15,29-30H,6,13,16-17H2,1-5H3. The van der Waals surface area contributed by atoms with E-state index in [9.17, 15) is 19.8 Å². The number of carbonyl (C=O) groups excluding carboxylic acids is 2. The minimum atomic E-state index is -1.41. The van der Waals surface area contributed by atoms with E-state index in [4.69, 9.17) is 0 Å². The van der Waals surface area contributed by atoms with Crippen LogP contribution in [0.3, 0.4) is 0 Å². The van der Waals surface area contributed by atoms with E-state index >= 15 is 0 Å². The first-order chi connectivity index (χ1) is 13.9. The minimum absolute atomic E-state index is 0.302. The topological polar surface area (TPSA) is 77.8 Å². The van der Waals surface area contributed by atoms with Crippen LogP contribution in [0.25, 0.3) is 0 Å². The second-order valence-electron chi connectivity index (χ2n) is 8.89. The zero-order valence-electron chi connectivity index (χ0n) is 18.6. The summed E-state index contributed by atoms with van der Waals surface area (Å²) in [7, 11) is 0. The second-order valence-corrected chi connectivity index (χ2v) is 8.89. The predicted octanol–water partition coefficient (Wildman–Crippen LogP) is 4.01. The van der Waals surface area contributed by atoms with E-state index < -0.39 is 11.2 Å². The Balaban J connectivity index is 2.20. The number of hydrogen-bond donors (Lipinski definition) is 2. The van der Waals surface area contributed by atoms with Gasteiger partial charge in [0.25, 0.3) is 0 Å². The Morgan fingerprint density at radius 2 is 1.20 bits per heavy atom. The molecule has 0 saturated carbocycles. The van der Waals surface area contributed by atoms with Gasteiger partial charge in [-0.3, -0.25) is 14.5 Å². The van der Waals surface area contributed by atoms with Crippen LogP contribution in [-0.4, -0.2) is 44.4 Å². The van der Waals surface area contributed by atoms with Crippen molar-refractivity contribution in [3.8, 4) is 0 Å². The highest BCUT2D eigenvalue weighted by Crippen LogP contribution is 2.18. The molecule has 2 aromatic rings. The number of benzene rings is 2. The number of Topliss-reactive ketones (excluding diaryl/α,β-unsaturated/α-hetero) is 2. The van der Waals surface area contributed by atoms with Crippen molar-refractivity contribution in [2.75, 3.05) is 6.54 Å². The van der Waals surface area contributed by atoms with Crippen molar-refractivity contribution in [3.63, 3.8) is 0 Å². The third-order valence-corrected chi connectivity index (χ3v) is 4.84. The predicted molar refractivity (Wildman–Crippen MR) is 119 cm³/mol. The summed E-state index contributed by atoms with van der Waals surface area (Å²) < 4.78 is 0. The van der Waals surface area contributed by atoms with E-state index in [1.807, 2.05) is 36.4 Å². The van der Waals surface area contributed by atoms with Gasteiger partial charge in [-0.05, 0) is 63.9 Å². The van der Waals surface area contributed by atoms with E-state index in [2.05, 4.69) is 11.8 Å². The Labute approximate surface area is 179 Å². The lowest BCUT2D eigenvalue weighted by atomic mass is 9.95. The van der Waals surface area contributed by atoms with Gasteiger partial charge < -0.3 is 10.2 Å². The van der Waals surface area contributed by atoms with E-state index in [0.717, 1.165) is 24.1 Å². The summed E-state index contributed by atoms with van der Waals surface area (Å²) in [5.41, 5.74) is 0.151. The average Bonchev–Trinajstić information content (AvgIpc) is 2.66. The molecule has 0 aromatic heterocycles. The van der Waals surface area contributed by atoms with E-state index in [1.54, 1.807) is 12.1 Å². The fourth-order valence-electron chi connectivity index (χ4n) is 3.37. The average molecular weight is 412 g/mol. The number of aliphatic hydroxyl groups is 2. The summed E-state index contributed by atoms with van der Waals surface area (Å²) in [6.07, 6.45) is 0.963. The monoisotopic (exact) mass is 411 g/mol. The maximum atomic E-state index is 12.4.